The highest BCUT2D eigenvalue weighted by molar-refractivity contribution is 6.73. The third-order valence-electron chi connectivity index (χ3n) is 3.01. The second kappa shape index (κ2) is 7.21. The van der Waals surface area contributed by atoms with Crippen molar-refractivity contribution in [3.63, 3.8) is 0 Å². The van der Waals surface area contributed by atoms with E-state index in [1.807, 2.05) is 6.08 Å². The van der Waals surface area contributed by atoms with E-state index in [-0.39, 0.29) is 12.7 Å². The zero-order valence-electron chi connectivity index (χ0n) is 9.75. The lowest BCUT2D eigenvalue weighted by atomic mass is 10.3. The van der Waals surface area contributed by atoms with Crippen LogP contribution in [0.4, 0.5) is 0 Å². The van der Waals surface area contributed by atoms with Crippen LogP contribution >= 0.6 is 0 Å². The molecule has 0 bridgehead atoms. The number of hydrogen-bond donors (Lipinski definition) is 1. The van der Waals surface area contributed by atoms with Crippen LogP contribution in [0.5, 0.6) is 0 Å². The summed E-state index contributed by atoms with van der Waals surface area (Å²) in [7, 11) is -1.52. The molecule has 0 aromatic carbocycles. The summed E-state index contributed by atoms with van der Waals surface area (Å²) in [6.07, 6.45) is 2.54. The molecule has 0 fully saturated rings. The summed E-state index contributed by atoms with van der Waals surface area (Å²) in [6, 6.07) is 3.45. The Hall–Kier alpha value is -0.123. The lowest BCUT2D eigenvalue weighted by Gasteiger charge is -2.31. The molecule has 84 valence electrons. The Labute approximate surface area is 89.1 Å². The van der Waals surface area contributed by atoms with Crippen molar-refractivity contribution in [2.75, 3.05) is 6.61 Å². The molecule has 0 rings (SSSR count). The van der Waals surface area contributed by atoms with E-state index in [0.29, 0.717) is 6.42 Å². The summed E-state index contributed by atoms with van der Waals surface area (Å²) < 4.78 is 6.14. The molecule has 0 amide bonds. The summed E-state index contributed by atoms with van der Waals surface area (Å²) in [5.74, 6) is 0. The van der Waals surface area contributed by atoms with E-state index in [4.69, 9.17) is 9.53 Å². The van der Waals surface area contributed by atoms with Gasteiger partial charge in [-0.3, -0.25) is 0 Å². The van der Waals surface area contributed by atoms with Crippen LogP contribution in [0.3, 0.4) is 0 Å². The Morgan fingerprint density at radius 1 is 1.29 bits per heavy atom. The molecule has 0 aliphatic rings. The predicted molar refractivity (Wildman–Crippen MR) is 64.0 cm³/mol. The zero-order chi connectivity index (χ0) is 11.0. The first-order chi connectivity index (χ1) is 6.67. The van der Waals surface area contributed by atoms with Gasteiger partial charge in [0.15, 0.2) is 8.32 Å². The van der Waals surface area contributed by atoms with E-state index in [1.54, 1.807) is 0 Å². The Morgan fingerprint density at radius 3 is 2.07 bits per heavy atom. The van der Waals surface area contributed by atoms with Gasteiger partial charge in [0.25, 0.3) is 0 Å². The quantitative estimate of drug-likeness (QED) is 0.499. The zero-order valence-corrected chi connectivity index (χ0v) is 10.8. The van der Waals surface area contributed by atoms with Crippen molar-refractivity contribution in [1.82, 2.24) is 0 Å². The molecular weight excluding hydrogens is 192 g/mol. The number of aliphatic hydroxyl groups excluding tert-OH is 1. The molecule has 0 saturated carbocycles. The minimum Gasteiger partial charge on any atom is -0.410 e. The summed E-state index contributed by atoms with van der Waals surface area (Å²) in [6.45, 7) is 10.6. The van der Waals surface area contributed by atoms with Gasteiger partial charge in [-0.2, -0.15) is 0 Å². The van der Waals surface area contributed by atoms with Crippen LogP contribution in [0.25, 0.3) is 0 Å². The fourth-order valence-electron chi connectivity index (χ4n) is 1.67. The van der Waals surface area contributed by atoms with Crippen LogP contribution < -0.4 is 0 Å². The molecule has 0 saturated heterocycles. The maximum Gasteiger partial charge on any atom is 0.192 e. The first kappa shape index (κ1) is 13.9. The second-order valence-electron chi connectivity index (χ2n) is 3.65. The molecule has 0 spiro atoms. The van der Waals surface area contributed by atoms with Crippen LogP contribution in [-0.2, 0) is 4.43 Å². The van der Waals surface area contributed by atoms with Crippen molar-refractivity contribution in [2.24, 2.45) is 0 Å². The van der Waals surface area contributed by atoms with Gasteiger partial charge in [-0.05, 0) is 24.6 Å². The fraction of sp³-hybridized carbons (Fsp3) is 0.818. The van der Waals surface area contributed by atoms with Gasteiger partial charge in [0.05, 0.1) is 6.10 Å². The van der Waals surface area contributed by atoms with Gasteiger partial charge in [-0.25, -0.2) is 0 Å². The summed E-state index contributed by atoms with van der Waals surface area (Å²) in [4.78, 5) is 0. The van der Waals surface area contributed by atoms with Gasteiger partial charge in [0.2, 0.25) is 0 Å². The lowest BCUT2D eigenvalue weighted by Crippen LogP contribution is -2.39. The largest absolute Gasteiger partial charge is 0.410 e. The van der Waals surface area contributed by atoms with Crippen molar-refractivity contribution in [3.8, 4) is 0 Å². The van der Waals surface area contributed by atoms with Crippen molar-refractivity contribution < 1.29 is 9.53 Å². The third kappa shape index (κ3) is 3.94. The van der Waals surface area contributed by atoms with Crippen LogP contribution in [0, 0.1) is 0 Å². The Morgan fingerprint density at radius 2 is 1.79 bits per heavy atom. The number of aliphatic hydroxyl groups is 1. The molecular formula is C11H24O2Si. The highest BCUT2D eigenvalue weighted by Crippen LogP contribution is 2.24. The molecule has 0 aliphatic heterocycles. The fourth-order valence-corrected chi connectivity index (χ4v) is 4.53. The van der Waals surface area contributed by atoms with Gasteiger partial charge >= 0.3 is 0 Å². The van der Waals surface area contributed by atoms with E-state index in [0.717, 1.165) is 18.1 Å². The van der Waals surface area contributed by atoms with Crippen molar-refractivity contribution in [1.29, 1.82) is 0 Å². The molecule has 14 heavy (non-hydrogen) atoms. The monoisotopic (exact) mass is 216 g/mol. The molecule has 0 unspecified atom stereocenters. The molecule has 0 heterocycles. The Bertz CT molecular complexity index is 147. The van der Waals surface area contributed by atoms with E-state index in [1.165, 1.54) is 0 Å². The van der Waals surface area contributed by atoms with Gasteiger partial charge < -0.3 is 9.53 Å². The topological polar surface area (TPSA) is 29.5 Å². The van der Waals surface area contributed by atoms with Crippen LogP contribution in [0.2, 0.25) is 18.1 Å². The first-order valence-corrected chi connectivity index (χ1v) is 8.12. The molecule has 0 aliphatic carbocycles. The van der Waals surface area contributed by atoms with Crippen LogP contribution in [0.1, 0.15) is 27.2 Å². The van der Waals surface area contributed by atoms with E-state index < -0.39 is 8.32 Å². The molecule has 2 nitrogen and oxygen atoms in total. The Kier molecular flexibility index (Phi) is 7.14. The van der Waals surface area contributed by atoms with E-state index >= 15 is 0 Å². The van der Waals surface area contributed by atoms with Crippen LogP contribution in [0.15, 0.2) is 12.7 Å². The smallest absolute Gasteiger partial charge is 0.192 e. The Balaban J connectivity index is 4.31. The van der Waals surface area contributed by atoms with E-state index in [9.17, 15) is 0 Å². The second-order valence-corrected chi connectivity index (χ2v) is 8.37. The van der Waals surface area contributed by atoms with Crippen molar-refractivity contribution >= 4 is 8.32 Å². The maximum atomic E-state index is 8.87. The normalized spacial score (nSPS) is 14.0. The molecule has 0 aromatic rings. The highest BCUT2D eigenvalue weighted by atomic mass is 28.4. The summed E-state index contributed by atoms with van der Waals surface area (Å²) >= 11 is 0. The van der Waals surface area contributed by atoms with Crippen molar-refractivity contribution in [3.05, 3.63) is 12.7 Å². The molecule has 1 atom stereocenters. The standard InChI is InChI=1S/C11H24O2Si/c1-5-11(9-10-12)13-14(6-2,7-3)8-4/h5,11-12H,1,6-10H2,2-4H3/t11-/m1/s1. The summed E-state index contributed by atoms with van der Waals surface area (Å²) in [5.41, 5.74) is 0. The molecule has 0 radical (unpaired) electrons. The van der Waals surface area contributed by atoms with Gasteiger partial charge in [0, 0.05) is 6.61 Å². The third-order valence-corrected chi connectivity index (χ3v) is 7.68. The van der Waals surface area contributed by atoms with Gasteiger partial charge in [-0.1, -0.05) is 26.8 Å². The summed E-state index contributed by atoms with van der Waals surface area (Å²) in [5, 5.41) is 8.87. The average Bonchev–Trinajstić information content (AvgIpc) is 2.25. The molecule has 1 N–H and O–H groups in total. The number of hydrogen-bond acceptors (Lipinski definition) is 2. The van der Waals surface area contributed by atoms with Gasteiger partial charge in [-0.15, -0.1) is 6.58 Å². The minimum absolute atomic E-state index is 0.0477. The molecule has 3 heteroatoms. The van der Waals surface area contributed by atoms with Crippen molar-refractivity contribution in [2.45, 2.75) is 51.4 Å². The first-order valence-electron chi connectivity index (χ1n) is 5.59. The molecule has 0 aromatic heterocycles. The van der Waals surface area contributed by atoms with E-state index in [2.05, 4.69) is 27.4 Å². The lowest BCUT2D eigenvalue weighted by molar-refractivity contribution is 0.178. The highest BCUT2D eigenvalue weighted by Gasteiger charge is 2.30. The van der Waals surface area contributed by atoms with Crippen LogP contribution in [-0.4, -0.2) is 26.1 Å². The average molecular weight is 216 g/mol. The number of rotatable bonds is 8. The predicted octanol–water partition coefficient (Wildman–Crippen LogP) is 2.95. The van der Waals surface area contributed by atoms with Gasteiger partial charge in [0.1, 0.15) is 0 Å². The minimum atomic E-state index is -1.52. The maximum absolute atomic E-state index is 8.87. The SMILES string of the molecule is C=C[C@H](CCO)O[Si](CC)(CC)CC.